The molecule has 0 spiro atoms. The summed E-state index contributed by atoms with van der Waals surface area (Å²) in [6.45, 7) is 2.86. The maximum atomic E-state index is 11.9. The molecule has 1 N–H and O–H groups in total. The third-order valence-corrected chi connectivity index (χ3v) is 3.45. The lowest BCUT2D eigenvalue weighted by Crippen LogP contribution is -2.53. The molecule has 3 atom stereocenters. The Hall–Kier alpha value is -1.24. The monoisotopic (exact) mass is 279 g/mol. The van der Waals surface area contributed by atoms with E-state index in [0.29, 0.717) is 0 Å². The quantitative estimate of drug-likeness (QED) is 0.742. The van der Waals surface area contributed by atoms with E-state index < -0.39 is 31.0 Å². The Morgan fingerprint density at radius 2 is 2.16 bits per heavy atom. The number of carbonyl (C=O) groups is 2. The normalized spacial score (nSPS) is 27.9. The van der Waals surface area contributed by atoms with Gasteiger partial charge in [0.2, 0.25) is 5.91 Å². The number of carbonyl (C=O) groups excluding carboxylic acids is 1. The highest BCUT2D eigenvalue weighted by Crippen LogP contribution is 2.29. The van der Waals surface area contributed by atoms with Gasteiger partial charge in [0.1, 0.15) is 6.61 Å². The molecule has 1 fully saturated rings. The summed E-state index contributed by atoms with van der Waals surface area (Å²) < 4.78 is 28.5. The highest BCUT2D eigenvalue weighted by Gasteiger charge is 2.41. The van der Waals surface area contributed by atoms with Crippen molar-refractivity contribution >= 4 is 11.9 Å². The molecule has 0 aromatic carbocycles. The van der Waals surface area contributed by atoms with Gasteiger partial charge < -0.3 is 14.7 Å². The first kappa shape index (κ1) is 15.8. The topological polar surface area (TPSA) is 66.8 Å². The van der Waals surface area contributed by atoms with Gasteiger partial charge in [0.25, 0.3) is 6.43 Å². The zero-order valence-corrected chi connectivity index (χ0v) is 11.0. The van der Waals surface area contributed by atoms with Gasteiger partial charge in [0.05, 0.1) is 12.5 Å². The van der Waals surface area contributed by atoms with Gasteiger partial charge in [0, 0.05) is 19.0 Å². The number of nitrogens with zero attached hydrogens (tertiary/aromatic N) is 1. The van der Waals surface area contributed by atoms with E-state index in [-0.39, 0.29) is 31.4 Å². The number of piperidine rings is 1. The number of likely N-dealkylation sites (tertiary alicyclic amines) is 1. The molecular weight excluding hydrogens is 260 g/mol. The molecule has 0 radical (unpaired) electrons. The van der Waals surface area contributed by atoms with E-state index >= 15 is 0 Å². The van der Waals surface area contributed by atoms with Crippen LogP contribution in [0.15, 0.2) is 0 Å². The Kier molecular flexibility index (Phi) is 5.65. The van der Waals surface area contributed by atoms with Crippen LogP contribution >= 0.6 is 0 Å². The van der Waals surface area contributed by atoms with Crippen LogP contribution in [0.1, 0.15) is 20.3 Å². The predicted octanol–water partition coefficient (Wildman–Crippen LogP) is 1.23. The first-order valence-corrected chi connectivity index (χ1v) is 6.22. The molecule has 0 aromatic rings. The van der Waals surface area contributed by atoms with Gasteiger partial charge in [-0.25, -0.2) is 8.78 Å². The number of carboxylic acids is 1. The zero-order chi connectivity index (χ0) is 14.6. The molecule has 1 aliphatic rings. The highest BCUT2D eigenvalue weighted by molar-refractivity contribution is 5.81. The summed E-state index contributed by atoms with van der Waals surface area (Å²) >= 11 is 0. The van der Waals surface area contributed by atoms with Crippen molar-refractivity contribution in [3.63, 3.8) is 0 Å². The lowest BCUT2D eigenvalue weighted by atomic mass is 9.81. The van der Waals surface area contributed by atoms with Crippen molar-refractivity contribution in [2.75, 3.05) is 19.8 Å². The minimum Gasteiger partial charge on any atom is -0.481 e. The van der Waals surface area contributed by atoms with Crippen LogP contribution in [-0.4, -0.2) is 54.1 Å². The molecule has 1 amide bonds. The molecule has 5 nitrogen and oxygen atoms in total. The van der Waals surface area contributed by atoms with Crippen LogP contribution in [0, 0.1) is 11.8 Å². The average Bonchev–Trinajstić information content (AvgIpc) is 2.26. The third-order valence-electron chi connectivity index (χ3n) is 3.45. The van der Waals surface area contributed by atoms with Crippen molar-refractivity contribution in [1.29, 1.82) is 0 Å². The number of carboxylic acid groups (broad SMARTS) is 1. The van der Waals surface area contributed by atoms with Crippen LogP contribution in [0.2, 0.25) is 0 Å². The number of amides is 1. The number of alkyl halides is 2. The Labute approximate surface area is 110 Å². The molecule has 1 aliphatic heterocycles. The molecule has 7 heteroatoms. The summed E-state index contributed by atoms with van der Waals surface area (Å²) in [6, 6.07) is -0.455. The number of halogens is 2. The number of hydrogen-bond acceptors (Lipinski definition) is 3. The van der Waals surface area contributed by atoms with Crippen molar-refractivity contribution in [1.82, 2.24) is 4.90 Å². The van der Waals surface area contributed by atoms with Crippen LogP contribution < -0.4 is 0 Å². The Morgan fingerprint density at radius 1 is 1.53 bits per heavy atom. The van der Waals surface area contributed by atoms with E-state index in [1.807, 2.05) is 0 Å². The van der Waals surface area contributed by atoms with Crippen LogP contribution in [-0.2, 0) is 14.3 Å². The van der Waals surface area contributed by atoms with Crippen molar-refractivity contribution < 1.29 is 28.2 Å². The molecule has 1 saturated heterocycles. The van der Waals surface area contributed by atoms with E-state index in [4.69, 9.17) is 9.84 Å². The summed E-state index contributed by atoms with van der Waals surface area (Å²) in [4.78, 5) is 24.4. The molecule has 110 valence electrons. The summed E-state index contributed by atoms with van der Waals surface area (Å²) in [6.07, 6.45) is -2.38. The first-order valence-electron chi connectivity index (χ1n) is 6.22. The van der Waals surface area contributed by atoms with Crippen LogP contribution in [0.4, 0.5) is 8.78 Å². The second-order valence-electron chi connectivity index (χ2n) is 4.84. The molecular formula is C12H19F2NO4. The number of rotatable bonds is 6. The van der Waals surface area contributed by atoms with Crippen molar-refractivity contribution in [2.24, 2.45) is 11.8 Å². The molecule has 1 rings (SSSR count). The van der Waals surface area contributed by atoms with Crippen molar-refractivity contribution in [3.05, 3.63) is 0 Å². The van der Waals surface area contributed by atoms with Gasteiger partial charge in [-0.05, 0) is 12.8 Å². The second-order valence-corrected chi connectivity index (χ2v) is 4.84. The lowest BCUT2D eigenvalue weighted by molar-refractivity contribution is -0.155. The smallest absolute Gasteiger partial charge is 0.308 e. The fourth-order valence-electron chi connectivity index (χ4n) is 2.53. The Bertz CT molecular complexity index is 338. The largest absolute Gasteiger partial charge is 0.481 e. The first-order chi connectivity index (χ1) is 8.84. The second kappa shape index (κ2) is 6.79. The fraction of sp³-hybridized carbons (Fsp3) is 0.833. The fourth-order valence-corrected chi connectivity index (χ4v) is 2.53. The molecule has 1 heterocycles. The van der Waals surface area contributed by atoms with E-state index in [1.165, 1.54) is 4.90 Å². The molecule has 0 aromatic heterocycles. The Morgan fingerprint density at radius 3 is 2.68 bits per heavy atom. The summed E-state index contributed by atoms with van der Waals surface area (Å²) in [5, 5.41) is 9.16. The zero-order valence-electron chi connectivity index (χ0n) is 11.0. The summed E-state index contributed by atoms with van der Waals surface area (Å²) in [5.41, 5.74) is 0. The van der Waals surface area contributed by atoms with Gasteiger partial charge >= 0.3 is 5.97 Å². The molecule has 3 unspecified atom stereocenters. The minimum absolute atomic E-state index is 0.0128. The van der Waals surface area contributed by atoms with Crippen LogP contribution in [0.3, 0.4) is 0 Å². The maximum Gasteiger partial charge on any atom is 0.308 e. The summed E-state index contributed by atoms with van der Waals surface area (Å²) in [5.74, 6) is -1.95. The predicted molar refractivity (Wildman–Crippen MR) is 62.9 cm³/mol. The van der Waals surface area contributed by atoms with E-state index in [1.54, 1.807) is 13.8 Å². The van der Waals surface area contributed by atoms with Gasteiger partial charge in [-0.3, -0.25) is 9.59 Å². The Balaban J connectivity index is 2.55. The summed E-state index contributed by atoms with van der Waals surface area (Å²) in [7, 11) is 0. The SMILES string of the molecule is CC1CC(=O)N(CCOCC(F)F)C(C)C1C(=O)O. The van der Waals surface area contributed by atoms with E-state index in [2.05, 4.69) is 0 Å². The van der Waals surface area contributed by atoms with Gasteiger partial charge in [-0.15, -0.1) is 0 Å². The van der Waals surface area contributed by atoms with Gasteiger partial charge in [-0.2, -0.15) is 0 Å². The number of aliphatic carboxylic acids is 1. The maximum absolute atomic E-state index is 11.9. The van der Waals surface area contributed by atoms with Gasteiger partial charge in [-0.1, -0.05) is 6.92 Å². The average molecular weight is 279 g/mol. The van der Waals surface area contributed by atoms with Crippen molar-refractivity contribution in [2.45, 2.75) is 32.7 Å². The highest BCUT2D eigenvalue weighted by atomic mass is 19.3. The van der Waals surface area contributed by atoms with E-state index in [0.717, 1.165) is 0 Å². The van der Waals surface area contributed by atoms with Crippen molar-refractivity contribution in [3.8, 4) is 0 Å². The third kappa shape index (κ3) is 4.12. The molecule has 0 bridgehead atoms. The van der Waals surface area contributed by atoms with E-state index in [9.17, 15) is 18.4 Å². The number of ether oxygens (including phenoxy) is 1. The number of hydrogen-bond donors (Lipinski definition) is 1. The standard InChI is InChI=1S/C12H19F2NO4/c1-7-5-10(16)15(3-4-19-6-9(13)14)8(2)11(7)12(17)18/h7-9,11H,3-6H2,1-2H3,(H,17,18). The molecule has 0 saturated carbocycles. The van der Waals surface area contributed by atoms with Crippen LogP contribution in [0.5, 0.6) is 0 Å². The minimum atomic E-state index is -2.54. The molecule has 19 heavy (non-hydrogen) atoms. The van der Waals surface area contributed by atoms with Gasteiger partial charge in [0.15, 0.2) is 0 Å². The van der Waals surface area contributed by atoms with Crippen LogP contribution in [0.25, 0.3) is 0 Å². The molecule has 0 aliphatic carbocycles. The lowest BCUT2D eigenvalue weighted by Gasteiger charge is -2.40.